The van der Waals surface area contributed by atoms with Crippen LogP contribution in [0, 0.1) is 6.92 Å². The molecule has 0 bridgehead atoms. The van der Waals surface area contributed by atoms with Crippen LogP contribution in [0.2, 0.25) is 5.02 Å². The fourth-order valence-electron chi connectivity index (χ4n) is 2.71. The van der Waals surface area contributed by atoms with Crippen LogP contribution in [0.5, 0.6) is 11.5 Å². The van der Waals surface area contributed by atoms with Crippen molar-refractivity contribution in [2.24, 2.45) is 0 Å². The molecular formula is C19H13ClF3NO5. The number of anilines is 1. The number of nitrogens with one attached hydrogen (secondary N) is 1. The minimum atomic E-state index is -4.81. The number of halogens is 4. The number of phenols is 1. The maximum absolute atomic E-state index is 12.3. The van der Waals surface area contributed by atoms with Crippen LogP contribution in [0.15, 0.2) is 45.6 Å². The highest BCUT2D eigenvalue weighted by molar-refractivity contribution is 6.32. The Hall–Kier alpha value is -3.20. The van der Waals surface area contributed by atoms with Gasteiger partial charge in [0.25, 0.3) is 0 Å². The standard InChI is InChI=1S/C19H13ClF3NO5/c1-9-12-6-14(20)15(25)8-16(12)28-18(27)13(9)7-17(26)24-10-2-4-11(5-3-10)29-19(21,22)23/h2-6,8,25H,7H2,1H3,(H,24,26). The van der Waals surface area contributed by atoms with Crippen LogP contribution in [0.1, 0.15) is 11.1 Å². The van der Waals surface area contributed by atoms with Gasteiger partial charge < -0.3 is 19.6 Å². The van der Waals surface area contributed by atoms with Crippen molar-refractivity contribution in [3.05, 3.63) is 63.0 Å². The molecule has 0 atom stereocenters. The summed E-state index contributed by atoms with van der Waals surface area (Å²) in [7, 11) is 0. The third-order valence-corrected chi connectivity index (χ3v) is 4.37. The lowest BCUT2D eigenvalue weighted by atomic mass is 10.0. The van der Waals surface area contributed by atoms with Crippen molar-refractivity contribution >= 4 is 34.2 Å². The number of aryl methyl sites for hydroxylation is 1. The first-order chi connectivity index (χ1) is 13.5. The molecule has 1 heterocycles. The maximum atomic E-state index is 12.3. The molecule has 152 valence electrons. The van der Waals surface area contributed by atoms with Gasteiger partial charge in [0.2, 0.25) is 5.91 Å². The van der Waals surface area contributed by atoms with E-state index < -0.39 is 23.6 Å². The predicted molar refractivity (Wildman–Crippen MR) is 99.4 cm³/mol. The molecule has 0 saturated heterocycles. The molecule has 3 aromatic rings. The molecule has 3 rings (SSSR count). The molecule has 0 aliphatic carbocycles. The normalized spacial score (nSPS) is 11.5. The van der Waals surface area contributed by atoms with Gasteiger partial charge in [-0.25, -0.2) is 4.79 Å². The number of fused-ring (bicyclic) bond motifs is 1. The zero-order valence-electron chi connectivity index (χ0n) is 14.8. The number of hydrogen-bond donors (Lipinski definition) is 2. The van der Waals surface area contributed by atoms with E-state index in [9.17, 15) is 27.9 Å². The van der Waals surface area contributed by atoms with Crippen LogP contribution in [0.4, 0.5) is 18.9 Å². The molecule has 0 aliphatic heterocycles. The van der Waals surface area contributed by atoms with Crippen LogP contribution in [0.3, 0.4) is 0 Å². The molecule has 29 heavy (non-hydrogen) atoms. The largest absolute Gasteiger partial charge is 0.573 e. The van der Waals surface area contributed by atoms with Crippen LogP contribution >= 0.6 is 11.6 Å². The van der Waals surface area contributed by atoms with Crippen molar-refractivity contribution in [1.29, 1.82) is 0 Å². The van der Waals surface area contributed by atoms with Crippen LogP contribution in [-0.4, -0.2) is 17.4 Å². The second kappa shape index (κ2) is 7.67. The molecule has 6 nitrogen and oxygen atoms in total. The number of alkyl halides is 3. The Morgan fingerprint density at radius 3 is 2.52 bits per heavy atom. The molecule has 2 aromatic carbocycles. The zero-order valence-corrected chi connectivity index (χ0v) is 15.5. The van der Waals surface area contributed by atoms with E-state index in [1.165, 1.54) is 24.3 Å². The number of amides is 1. The van der Waals surface area contributed by atoms with E-state index in [1.54, 1.807) is 6.92 Å². The first kappa shape index (κ1) is 20.5. The highest BCUT2D eigenvalue weighted by Gasteiger charge is 2.31. The molecule has 10 heteroatoms. The van der Waals surface area contributed by atoms with Gasteiger partial charge in [-0.3, -0.25) is 4.79 Å². The van der Waals surface area contributed by atoms with E-state index in [1.807, 2.05) is 0 Å². The van der Waals surface area contributed by atoms with Gasteiger partial charge in [0.1, 0.15) is 17.1 Å². The Morgan fingerprint density at radius 2 is 1.90 bits per heavy atom. The van der Waals surface area contributed by atoms with Gasteiger partial charge in [-0.2, -0.15) is 0 Å². The second-order valence-corrected chi connectivity index (χ2v) is 6.50. The van der Waals surface area contributed by atoms with Crippen molar-refractivity contribution in [2.45, 2.75) is 19.7 Å². The molecule has 2 N–H and O–H groups in total. The lowest BCUT2D eigenvalue weighted by Gasteiger charge is -2.11. The Balaban J connectivity index is 1.79. The number of carbonyl (C=O) groups excluding carboxylic acids is 1. The summed E-state index contributed by atoms with van der Waals surface area (Å²) >= 11 is 5.89. The van der Waals surface area contributed by atoms with Gasteiger partial charge in [-0.05, 0) is 42.8 Å². The minimum absolute atomic E-state index is 0.0611. The summed E-state index contributed by atoms with van der Waals surface area (Å²) in [6.07, 6.45) is -5.14. The van der Waals surface area contributed by atoms with Crippen LogP contribution in [0.25, 0.3) is 11.0 Å². The molecule has 0 spiro atoms. The van der Waals surface area contributed by atoms with Crippen molar-refractivity contribution < 1.29 is 32.2 Å². The van der Waals surface area contributed by atoms with Crippen molar-refractivity contribution in [3.8, 4) is 11.5 Å². The molecule has 0 saturated carbocycles. The van der Waals surface area contributed by atoms with E-state index in [0.717, 1.165) is 12.1 Å². The first-order valence-electron chi connectivity index (χ1n) is 8.14. The molecule has 0 aliphatic rings. The number of aromatic hydroxyl groups is 1. The molecular weight excluding hydrogens is 415 g/mol. The van der Waals surface area contributed by atoms with E-state index in [-0.39, 0.29) is 34.0 Å². The van der Waals surface area contributed by atoms with Gasteiger partial charge in [0.05, 0.1) is 17.0 Å². The maximum Gasteiger partial charge on any atom is 0.573 e. The van der Waals surface area contributed by atoms with E-state index in [4.69, 9.17) is 16.0 Å². The summed E-state index contributed by atoms with van der Waals surface area (Å²) in [4.78, 5) is 24.5. The zero-order chi connectivity index (χ0) is 21.3. The number of hydrogen-bond acceptors (Lipinski definition) is 5. The number of phenolic OH excluding ortho intramolecular Hbond substituents is 1. The van der Waals surface area contributed by atoms with Gasteiger partial charge in [0.15, 0.2) is 0 Å². The monoisotopic (exact) mass is 427 g/mol. The summed E-state index contributed by atoms with van der Waals surface area (Å²) < 4.78 is 45.4. The molecule has 0 fully saturated rings. The minimum Gasteiger partial charge on any atom is -0.506 e. The highest BCUT2D eigenvalue weighted by atomic mass is 35.5. The van der Waals surface area contributed by atoms with Crippen LogP contribution in [-0.2, 0) is 11.2 Å². The smallest absolute Gasteiger partial charge is 0.506 e. The lowest BCUT2D eigenvalue weighted by molar-refractivity contribution is -0.274. The van der Waals surface area contributed by atoms with Crippen molar-refractivity contribution in [3.63, 3.8) is 0 Å². The second-order valence-electron chi connectivity index (χ2n) is 6.09. The highest BCUT2D eigenvalue weighted by Crippen LogP contribution is 2.31. The van der Waals surface area contributed by atoms with Crippen molar-refractivity contribution in [1.82, 2.24) is 0 Å². The van der Waals surface area contributed by atoms with Gasteiger partial charge >= 0.3 is 12.0 Å². The van der Waals surface area contributed by atoms with Gasteiger partial charge in [0, 0.05) is 17.1 Å². The quantitative estimate of drug-likeness (QED) is 0.597. The van der Waals surface area contributed by atoms with Gasteiger partial charge in [-0.1, -0.05) is 11.6 Å². The van der Waals surface area contributed by atoms with E-state index in [0.29, 0.717) is 10.9 Å². The Labute approximate surface area is 166 Å². The average molecular weight is 428 g/mol. The summed E-state index contributed by atoms with van der Waals surface area (Å²) in [5.74, 6) is -1.25. The number of rotatable bonds is 4. The topological polar surface area (TPSA) is 88.8 Å². The molecule has 1 amide bonds. The number of ether oxygens (including phenoxy) is 1. The Morgan fingerprint density at radius 1 is 1.24 bits per heavy atom. The summed E-state index contributed by atoms with van der Waals surface area (Å²) in [5.41, 5.74) is 0.149. The van der Waals surface area contributed by atoms with Crippen LogP contribution < -0.4 is 15.7 Å². The summed E-state index contributed by atoms with van der Waals surface area (Å²) in [5, 5.41) is 12.6. The average Bonchev–Trinajstić information content (AvgIpc) is 2.61. The first-order valence-corrected chi connectivity index (χ1v) is 8.52. The molecule has 1 aromatic heterocycles. The third-order valence-electron chi connectivity index (χ3n) is 4.06. The summed E-state index contributed by atoms with van der Waals surface area (Å²) in [6.45, 7) is 1.61. The van der Waals surface area contributed by atoms with Gasteiger partial charge in [-0.15, -0.1) is 13.2 Å². The number of carbonyl (C=O) groups is 1. The third kappa shape index (κ3) is 4.80. The summed E-state index contributed by atoms with van der Waals surface area (Å²) in [6, 6.07) is 7.20. The number of benzene rings is 2. The Bertz CT molecular complexity index is 1140. The van der Waals surface area contributed by atoms with E-state index in [2.05, 4.69) is 10.1 Å². The van der Waals surface area contributed by atoms with Crippen molar-refractivity contribution in [2.75, 3.05) is 5.32 Å². The SMILES string of the molecule is Cc1c(CC(=O)Nc2ccc(OC(F)(F)F)cc2)c(=O)oc2cc(O)c(Cl)cc12. The fraction of sp³-hybridized carbons (Fsp3) is 0.158. The molecule has 0 unspecified atom stereocenters. The predicted octanol–water partition coefficient (Wildman–Crippen LogP) is 4.54. The fourth-order valence-corrected chi connectivity index (χ4v) is 2.87. The lowest BCUT2D eigenvalue weighted by Crippen LogP contribution is -2.20. The Kier molecular flexibility index (Phi) is 5.43. The molecule has 0 radical (unpaired) electrons. The van der Waals surface area contributed by atoms with E-state index >= 15 is 0 Å².